The number of amides is 1. The highest BCUT2D eigenvalue weighted by atomic mass is 16.2. The Balaban J connectivity index is 1.65. The Labute approximate surface area is 175 Å². The molecule has 0 saturated carbocycles. The van der Waals surface area contributed by atoms with E-state index < -0.39 is 0 Å². The number of hydrogen-bond acceptors (Lipinski definition) is 3. The first-order valence-electron chi connectivity index (χ1n) is 9.95. The van der Waals surface area contributed by atoms with Crippen molar-refractivity contribution >= 4 is 22.4 Å². The van der Waals surface area contributed by atoms with Gasteiger partial charge in [-0.1, -0.05) is 66.2 Å². The van der Waals surface area contributed by atoms with Gasteiger partial charge in [0.15, 0.2) is 0 Å². The fourth-order valence-electron chi connectivity index (χ4n) is 3.44. The van der Waals surface area contributed by atoms with Crippen molar-refractivity contribution in [3.8, 4) is 11.3 Å². The van der Waals surface area contributed by atoms with Gasteiger partial charge >= 0.3 is 0 Å². The van der Waals surface area contributed by atoms with E-state index in [0.29, 0.717) is 5.39 Å². The number of carbonyl (C=O) groups excluding carboxylic acids is 1. The highest BCUT2D eigenvalue weighted by molar-refractivity contribution is 5.94. The van der Waals surface area contributed by atoms with E-state index in [4.69, 9.17) is 0 Å². The molecule has 0 atom stereocenters. The normalized spacial score (nSPS) is 10.9. The van der Waals surface area contributed by atoms with E-state index >= 15 is 0 Å². The van der Waals surface area contributed by atoms with E-state index in [1.54, 1.807) is 6.07 Å². The molecule has 0 aliphatic heterocycles. The molecule has 3 aromatic carbocycles. The first-order valence-corrected chi connectivity index (χ1v) is 9.95. The highest BCUT2D eigenvalue weighted by Crippen LogP contribution is 2.25. The van der Waals surface area contributed by atoms with E-state index in [2.05, 4.69) is 10.4 Å². The number of anilines is 1. The average Bonchev–Trinajstić information content (AvgIpc) is 2.76. The number of hydrogen-bond donors (Lipinski definition) is 1. The predicted molar refractivity (Wildman–Crippen MR) is 121 cm³/mol. The Bertz CT molecular complexity index is 1270. The van der Waals surface area contributed by atoms with Crippen LogP contribution >= 0.6 is 0 Å². The Kier molecular flexibility index (Phi) is 5.44. The number of nitrogens with one attached hydrogen (secondary N) is 1. The standard InChI is InChI=1S/C25H23N3O2/c1-17-11-13-19(14-12-17)24-20-8-4-5-9-21(20)25(30)28(27-24)16-15-23(29)26-22-10-6-3-7-18(22)2/h3-14H,15-16H2,1-2H3,(H,26,29). The molecule has 4 aromatic rings. The maximum atomic E-state index is 13.0. The van der Waals surface area contributed by atoms with Gasteiger partial charge in [-0.2, -0.15) is 5.10 Å². The van der Waals surface area contributed by atoms with Crippen molar-refractivity contribution in [1.29, 1.82) is 0 Å². The SMILES string of the molecule is Cc1ccc(-c2nn(CCC(=O)Nc3ccccc3C)c(=O)c3ccccc23)cc1. The van der Waals surface area contributed by atoms with Gasteiger partial charge in [-0.3, -0.25) is 9.59 Å². The van der Waals surface area contributed by atoms with Crippen LogP contribution in [0.2, 0.25) is 0 Å². The number of benzene rings is 3. The van der Waals surface area contributed by atoms with Gasteiger partial charge < -0.3 is 5.32 Å². The lowest BCUT2D eigenvalue weighted by Crippen LogP contribution is -2.26. The maximum Gasteiger partial charge on any atom is 0.274 e. The molecule has 150 valence electrons. The zero-order chi connectivity index (χ0) is 21.1. The lowest BCUT2D eigenvalue weighted by molar-refractivity contribution is -0.116. The minimum atomic E-state index is -0.190. The van der Waals surface area contributed by atoms with Gasteiger partial charge in [0, 0.05) is 23.1 Å². The van der Waals surface area contributed by atoms with E-state index in [1.807, 2.05) is 80.6 Å². The van der Waals surface area contributed by atoms with Crippen LogP contribution < -0.4 is 10.9 Å². The van der Waals surface area contributed by atoms with E-state index in [0.717, 1.165) is 33.5 Å². The summed E-state index contributed by atoms with van der Waals surface area (Å²) in [7, 11) is 0. The summed E-state index contributed by atoms with van der Waals surface area (Å²) >= 11 is 0. The summed E-state index contributed by atoms with van der Waals surface area (Å²) in [6, 6.07) is 23.1. The van der Waals surface area contributed by atoms with Gasteiger partial charge in [0.05, 0.1) is 17.6 Å². The van der Waals surface area contributed by atoms with Crippen LogP contribution in [0.25, 0.3) is 22.0 Å². The number of carbonyl (C=O) groups is 1. The minimum absolute atomic E-state index is 0.150. The van der Waals surface area contributed by atoms with E-state index in [1.165, 1.54) is 4.68 Å². The Morgan fingerprint density at radius 3 is 2.30 bits per heavy atom. The molecule has 0 aliphatic rings. The first-order chi connectivity index (χ1) is 14.5. The molecule has 1 heterocycles. The third-order valence-electron chi connectivity index (χ3n) is 5.16. The van der Waals surface area contributed by atoms with Crippen molar-refractivity contribution in [2.24, 2.45) is 0 Å². The fraction of sp³-hybridized carbons (Fsp3) is 0.160. The number of rotatable bonds is 5. The summed E-state index contributed by atoms with van der Waals surface area (Å²) in [5.74, 6) is -0.150. The third kappa shape index (κ3) is 4.01. The topological polar surface area (TPSA) is 64.0 Å². The van der Waals surface area contributed by atoms with Crippen LogP contribution in [0, 0.1) is 13.8 Å². The zero-order valence-corrected chi connectivity index (χ0v) is 17.1. The molecule has 1 N–H and O–H groups in total. The third-order valence-corrected chi connectivity index (χ3v) is 5.16. The minimum Gasteiger partial charge on any atom is -0.326 e. The molecule has 5 heteroatoms. The monoisotopic (exact) mass is 397 g/mol. The molecule has 0 radical (unpaired) electrons. The van der Waals surface area contributed by atoms with Crippen molar-refractivity contribution in [2.75, 3.05) is 5.32 Å². The Morgan fingerprint density at radius 2 is 1.57 bits per heavy atom. The van der Waals surface area contributed by atoms with Gasteiger partial charge in [0.1, 0.15) is 0 Å². The summed E-state index contributed by atoms with van der Waals surface area (Å²) in [5.41, 5.74) is 4.42. The second kappa shape index (κ2) is 8.33. The zero-order valence-electron chi connectivity index (χ0n) is 17.1. The van der Waals surface area contributed by atoms with Crippen LogP contribution in [0.4, 0.5) is 5.69 Å². The lowest BCUT2D eigenvalue weighted by atomic mass is 10.0. The van der Waals surface area contributed by atoms with Gasteiger partial charge in [-0.05, 0) is 31.5 Å². The van der Waals surface area contributed by atoms with Gasteiger partial charge in [0.25, 0.3) is 5.56 Å². The molecule has 4 rings (SSSR count). The largest absolute Gasteiger partial charge is 0.326 e. The number of aromatic nitrogens is 2. The Hall–Kier alpha value is -3.73. The molecule has 0 fully saturated rings. The number of aryl methyl sites for hydroxylation is 3. The lowest BCUT2D eigenvalue weighted by Gasteiger charge is -2.12. The molecule has 5 nitrogen and oxygen atoms in total. The summed E-state index contributed by atoms with van der Waals surface area (Å²) in [5, 5.41) is 8.94. The summed E-state index contributed by atoms with van der Waals surface area (Å²) in [4.78, 5) is 25.4. The average molecular weight is 397 g/mol. The van der Waals surface area contributed by atoms with Gasteiger partial charge in [0.2, 0.25) is 5.91 Å². The van der Waals surface area contributed by atoms with Crippen molar-refractivity contribution in [2.45, 2.75) is 26.8 Å². The number of fused-ring (bicyclic) bond motifs is 1. The molecule has 0 spiro atoms. The Morgan fingerprint density at radius 1 is 0.900 bits per heavy atom. The van der Waals surface area contributed by atoms with Crippen molar-refractivity contribution in [1.82, 2.24) is 9.78 Å². The van der Waals surface area contributed by atoms with Crippen molar-refractivity contribution in [3.05, 3.63) is 94.3 Å². The molecule has 0 saturated heterocycles. The smallest absolute Gasteiger partial charge is 0.274 e. The molecular weight excluding hydrogens is 374 g/mol. The summed E-state index contributed by atoms with van der Waals surface area (Å²) < 4.78 is 1.40. The summed E-state index contributed by atoms with van der Waals surface area (Å²) in [6.45, 7) is 4.18. The summed E-state index contributed by atoms with van der Waals surface area (Å²) in [6.07, 6.45) is 0.160. The second-order valence-corrected chi connectivity index (χ2v) is 7.40. The predicted octanol–water partition coefficient (Wildman–Crippen LogP) is 4.71. The quantitative estimate of drug-likeness (QED) is 0.530. The number of para-hydroxylation sites is 1. The van der Waals surface area contributed by atoms with Crippen LogP contribution in [0.1, 0.15) is 17.5 Å². The maximum absolute atomic E-state index is 13.0. The van der Waals surface area contributed by atoms with E-state index in [9.17, 15) is 9.59 Å². The van der Waals surface area contributed by atoms with Gasteiger partial charge in [-0.25, -0.2) is 4.68 Å². The first kappa shape index (κ1) is 19.6. The molecule has 1 aromatic heterocycles. The molecule has 1 amide bonds. The fourth-order valence-corrected chi connectivity index (χ4v) is 3.44. The van der Waals surface area contributed by atoms with Crippen LogP contribution in [-0.2, 0) is 11.3 Å². The van der Waals surface area contributed by atoms with Crippen molar-refractivity contribution < 1.29 is 4.79 Å². The van der Waals surface area contributed by atoms with Gasteiger partial charge in [-0.15, -0.1) is 0 Å². The van der Waals surface area contributed by atoms with Crippen molar-refractivity contribution in [3.63, 3.8) is 0 Å². The number of nitrogens with zero attached hydrogens (tertiary/aromatic N) is 2. The van der Waals surface area contributed by atoms with E-state index in [-0.39, 0.29) is 24.4 Å². The molecule has 0 unspecified atom stereocenters. The molecule has 0 bridgehead atoms. The highest BCUT2D eigenvalue weighted by Gasteiger charge is 2.13. The van der Waals surface area contributed by atoms with Crippen LogP contribution in [-0.4, -0.2) is 15.7 Å². The van der Waals surface area contributed by atoms with Crippen LogP contribution in [0.3, 0.4) is 0 Å². The molecule has 0 aliphatic carbocycles. The molecular formula is C25H23N3O2. The second-order valence-electron chi connectivity index (χ2n) is 7.40. The van der Waals surface area contributed by atoms with Crippen LogP contribution in [0.15, 0.2) is 77.6 Å². The van der Waals surface area contributed by atoms with Crippen LogP contribution in [0.5, 0.6) is 0 Å². The molecule has 30 heavy (non-hydrogen) atoms.